The minimum Gasteiger partial charge on any atom is -0.380 e. The van der Waals surface area contributed by atoms with Gasteiger partial charge in [0.15, 0.2) is 0 Å². The van der Waals surface area contributed by atoms with E-state index in [0.717, 1.165) is 41.7 Å². The van der Waals surface area contributed by atoms with E-state index < -0.39 is 26.9 Å². The van der Waals surface area contributed by atoms with Gasteiger partial charge in [-0.05, 0) is 91.3 Å². The van der Waals surface area contributed by atoms with Crippen molar-refractivity contribution in [2.75, 3.05) is 31.6 Å². The van der Waals surface area contributed by atoms with Crippen molar-refractivity contribution in [1.29, 1.82) is 0 Å². The van der Waals surface area contributed by atoms with E-state index in [9.17, 15) is 17.9 Å². The van der Waals surface area contributed by atoms with Gasteiger partial charge in [-0.2, -0.15) is 4.21 Å². The quantitative estimate of drug-likeness (QED) is 0.423. The maximum absolute atomic E-state index is 14.5. The van der Waals surface area contributed by atoms with Crippen molar-refractivity contribution in [1.82, 2.24) is 14.9 Å². The van der Waals surface area contributed by atoms with E-state index in [1.807, 2.05) is 38.3 Å². The van der Waals surface area contributed by atoms with Gasteiger partial charge in [-0.3, -0.25) is 9.35 Å². The summed E-state index contributed by atoms with van der Waals surface area (Å²) in [5.41, 5.74) is 9.57. The van der Waals surface area contributed by atoms with Gasteiger partial charge in [0.25, 0.3) is 0 Å². The molecule has 3 aliphatic rings. The second-order valence-electron chi connectivity index (χ2n) is 10.6. The van der Waals surface area contributed by atoms with Crippen molar-refractivity contribution >= 4 is 21.0 Å². The molecule has 7 nitrogen and oxygen atoms in total. The van der Waals surface area contributed by atoms with E-state index in [1.54, 1.807) is 11.2 Å². The molecule has 2 aliphatic heterocycles. The highest BCUT2D eigenvalue weighted by molar-refractivity contribution is 8.12. The normalized spacial score (nSPS) is 26.2. The number of nitrogens with two attached hydrogens (primary N) is 1. The molecule has 0 spiro atoms. The number of nitrogens with one attached hydrogen (secondary N) is 2. The Labute approximate surface area is 213 Å². The van der Waals surface area contributed by atoms with Crippen LogP contribution in [0.3, 0.4) is 0 Å². The maximum Gasteiger partial charge on any atom is 0.227 e. The predicted octanol–water partition coefficient (Wildman–Crippen LogP) is 3.18. The smallest absolute Gasteiger partial charge is 0.227 e. The molecule has 1 saturated heterocycles. The van der Waals surface area contributed by atoms with Crippen molar-refractivity contribution in [3.63, 3.8) is 0 Å². The lowest BCUT2D eigenvalue weighted by Gasteiger charge is -2.51. The van der Waals surface area contributed by atoms with Crippen LogP contribution in [0.25, 0.3) is 5.57 Å². The van der Waals surface area contributed by atoms with Gasteiger partial charge < -0.3 is 16.4 Å². The van der Waals surface area contributed by atoms with Crippen LogP contribution in [0.5, 0.6) is 0 Å². The Kier molecular flexibility index (Phi) is 7.07. The summed E-state index contributed by atoms with van der Waals surface area (Å²) >= 11 is 0. The Balaban J connectivity index is 1.66. The number of fused-ring (bicyclic) bond motifs is 1. The van der Waals surface area contributed by atoms with E-state index in [2.05, 4.69) is 10.6 Å². The Hall–Kier alpha value is -2.33. The van der Waals surface area contributed by atoms with Gasteiger partial charge >= 0.3 is 0 Å². The third-order valence-corrected chi connectivity index (χ3v) is 11.1. The molecule has 0 aromatic heterocycles. The number of piperidine rings is 1. The molecule has 36 heavy (non-hydrogen) atoms. The summed E-state index contributed by atoms with van der Waals surface area (Å²) in [5, 5.41) is 6.65. The van der Waals surface area contributed by atoms with E-state index in [-0.39, 0.29) is 17.5 Å². The number of hydrogen-bond acceptors (Lipinski definition) is 4. The highest BCUT2D eigenvalue weighted by Gasteiger charge is 2.48. The zero-order valence-electron chi connectivity index (χ0n) is 21.6. The largest absolute Gasteiger partial charge is 0.380 e. The van der Waals surface area contributed by atoms with E-state index in [0.29, 0.717) is 25.2 Å². The van der Waals surface area contributed by atoms with Gasteiger partial charge in [0, 0.05) is 37.8 Å². The standard InChI is InChI=1S/C27H39FN4O3S/c1-5-30-16-18-11-20(13-22(28)12-18)21-14-24-23(17-31-27(24,3)25(15-21)26(29)33)19-7-9-32(10-8-19)36(4,34,35)6-2/h11-15,17,19,25,30-31H,5-10,16H2,1-4H3,(H2,29,33)(H,34,35). The molecule has 2 unspecified atom stereocenters. The fourth-order valence-corrected chi connectivity index (χ4v) is 7.12. The summed E-state index contributed by atoms with van der Waals surface area (Å²) in [6, 6.07) is 4.96. The molecular formula is C27H39FN4O3S. The number of allylic oxidation sites excluding steroid dienone is 2. The second kappa shape index (κ2) is 9.52. The monoisotopic (exact) mass is 518 g/mol. The van der Waals surface area contributed by atoms with Gasteiger partial charge in [-0.15, -0.1) is 9.53 Å². The van der Waals surface area contributed by atoms with Crippen LogP contribution >= 0.6 is 0 Å². The highest BCUT2D eigenvalue weighted by atomic mass is 32.3. The molecule has 5 N–H and O–H groups in total. The summed E-state index contributed by atoms with van der Waals surface area (Å²) < 4.78 is 40.0. The lowest BCUT2D eigenvalue weighted by atomic mass is 9.70. The van der Waals surface area contributed by atoms with Crippen molar-refractivity contribution in [3.05, 3.63) is 64.6 Å². The molecule has 9 heteroatoms. The van der Waals surface area contributed by atoms with Crippen LogP contribution in [0.1, 0.15) is 44.7 Å². The summed E-state index contributed by atoms with van der Waals surface area (Å²) in [6.07, 6.45) is 8.78. The van der Waals surface area contributed by atoms with Crippen molar-refractivity contribution in [2.45, 2.75) is 45.7 Å². The minimum atomic E-state index is -3.78. The molecule has 2 heterocycles. The van der Waals surface area contributed by atoms with Crippen LogP contribution in [0.15, 0.2) is 47.7 Å². The molecule has 0 bridgehead atoms. The van der Waals surface area contributed by atoms with Crippen molar-refractivity contribution in [3.8, 4) is 0 Å². The van der Waals surface area contributed by atoms with Crippen LogP contribution in [-0.4, -0.2) is 56.2 Å². The first-order chi connectivity index (χ1) is 16.9. The molecule has 1 fully saturated rings. The van der Waals surface area contributed by atoms with Crippen molar-refractivity contribution < 1.29 is 17.9 Å². The summed E-state index contributed by atoms with van der Waals surface area (Å²) in [6.45, 7) is 8.10. The Morgan fingerprint density at radius 2 is 2.00 bits per heavy atom. The van der Waals surface area contributed by atoms with Gasteiger partial charge in [0.1, 0.15) is 5.82 Å². The number of rotatable bonds is 8. The molecule has 0 saturated carbocycles. The number of carbonyl (C=O) groups excluding carboxylic acids is 1. The molecule has 198 valence electrons. The fourth-order valence-electron chi connectivity index (χ4n) is 5.61. The first-order valence-electron chi connectivity index (χ1n) is 12.7. The van der Waals surface area contributed by atoms with Gasteiger partial charge in [0.2, 0.25) is 5.91 Å². The van der Waals surface area contributed by atoms with Crippen LogP contribution < -0.4 is 16.4 Å². The Morgan fingerprint density at radius 1 is 1.31 bits per heavy atom. The van der Waals surface area contributed by atoms with Crippen LogP contribution in [0.4, 0.5) is 4.39 Å². The molecule has 1 aromatic rings. The second-order valence-corrected chi connectivity index (χ2v) is 14.5. The van der Waals surface area contributed by atoms with Gasteiger partial charge in [-0.1, -0.05) is 13.0 Å². The molecule has 1 amide bonds. The zero-order chi connectivity index (χ0) is 26.3. The number of halogens is 1. The SMILES string of the molecule is CCNCc1cc(F)cc(C2=CC(C(N)=O)C3(C)NC=C(C4CCN(S(C)(=O)(O)CC)CC4)C3=C2)c1. The molecule has 2 atom stereocenters. The maximum atomic E-state index is 14.5. The topological polar surface area (TPSA) is 108 Å². The molecule has 1 aliphatic carbocycles. The number of benzene rings is 1. The number of nitrogens with zero attached hydrogens (tertiary/aromatic N) is 1. The van der Waals surface area contributed by atoms with Crippen molar-refractivity contribution in [2.24, 2.45) is 17.6 Å². The predicted molar refractivity (Wildman–Crippen MR) is 144 cm³/mol. The molecule has 4 rings (SSSR count). The lowest BCUT2D eigenvalue weighted by molar-refractivity contribution is -0.121. The summed E-state index contributed by atoms with van der Waals surface area (Å²) in [7, 11) is -3.78. The summed E-state index contributed by atoms with van der Waals surface area (Å²) in [4.78, 5) is 12.6. The third kappa shape index (κ3) is 4.94. The van der Waals surface area contributed by atoms with E-state index >= 15 is 0 Å². The van der Waals surface area contributed by atoms with E-state index in [1.165, 1.54) is 18.4 Å². The third-order valence-electron chi connectivity index (χ3n) is 8.06. The number of carbonyl (C=O) groups is 1. The highest BCUT2D eigenvalue weighted by Crippen LogP contribution is 2.47. The molecular weight excluding hydrogens is 479 g/mol. The lowest BCUT2D eigenvalue weighted by Crippen LogP contribution is -2.54. The van der Waals surface area contributed by atoms with E-state index in [4.69, 9.17) is 5.73 Å². The van der Waals surface area contributed by atoms with Gasteiger partial charge in [-0.25, -0.2) is 8.70 Å². The fraction of sp³-hybridized carbons (Fsp3) is 0.519. The number of amides is 1. The van der Waals surface area contributed by atoms with Gasteiger partial charge in [0.05, 0.1) is 11.5 Å². The Bertz CT molecular complexity index is 1210. The van der Waals surface area contributed by atoms with Crippen LogP contribution in [0.2, 0.25) is 0 Å². The first kappa shape index (κ1) is 26.7. The molecule has 1 aromatic carbocycles. The first-order valence-corrected chi connectivity index (χ1v) is 15.2. The zero-order valence-corrected chi connectivity index (χ0v) is 22.5. The minimum absolute atomic E-state index is 0.173. The number of primary amides is 1. The average Bonchev–Trinajstić information content (AvgIpc) is 3.18. The average molecular weight is 519 g/mol. The number of hydrogen-bond donors (Lipinski definition) is 4. The summed E-state index contributed by atoms with van der Waals surface area (Å²) in [5.74, 6) is -1.01. The van der Waals surface area contributed by atoms with Crippen LogP contribution in [0, 0.1) is 17.7 Å². The Morgan fingerprint density at radius 3 is 2.61 bits per heavy atom. The van der Waals surface area contributed by atoms with Crippen LogP contribution in [-0.2, 0) is 20.9 Å². The molecule has 0 radical (unpaired) electrons.